The Bertz CT molecular complexity index is 473. The average molecular weight is 293 g/mol. The van der Waals surface area contributed by atoms with E-state index in [1.165, 1.54) is 0 Å². The maximum Gasteiger partial charge on any atom is 0.328 e. The number of piperidine rings is 1. The molecule has 0 N–H and O–H groups in total. The monoisotopic (exact) mass is 293 g/mol. The van der Waals surface area contributed by atoms with Crippen LogP contribution in [-0.4, -0.2) is 45.8 Å². The maximum atomic E-state index is 12.4. The van der Waals surface area contributed by atoms with Crippen molar-refractivity contribution in [2.45, 2.75) is 45.7 Å². The standard InChI is InChI=1S/C15H23N3O3/c1-3-21-15(20)13-11-12(2)5-10-18(13)14(19)6-9-17-8-4-7-16-17/h4,7-8,12-13H,3,5-6,9-11H2,1-2H3/t12-,13+/m1/s1. The van der Waals surface area contributed by atoms with Gasteiger partial charge in [0.15, 0.2) is 0 Å². The number of rotatable bonds is 5. The van der Waals surface area contributed by atoms with Crippen molar-refractivity contribution < 1.29 is 14.3 Å². The minimum Gasteiger partial charge on any atom is -0.464 e. The van der Waals surface area contributed by atoms with Gasteiger partial charge in [0.1, 0.15) is 6.04 Å². The Morgan fingerprint density at radius 2 is 2.24 bits per heavy atom. The molecule has 0 bridgehead atoms. The number of hydrogen-bond acceptors (Lipinski definition) is 4. The predicted molar refractivity (Wildman–Crippen MR) is 77.4 cm³/mol. The fourth-order valence-electron chi connectivity index (χ4n) is 2.69. The lowest BCUT2D eigenvalue weighted by Gasteiger charge is -2.37. The van der Waals surface area contributed by atoms with Crippen LogP contribution >= 0.6 is 0 Å². The third-order valence-electron chi connectivity index (χ3n) is 3.86. The number of hydrogen-bond donors (Lipinski definition) is 0. The summed E-state index contributed by atoms with van der Waals surface area (Å²) in [6.45, 7) is 5.40. The first-order chi connectivity index (χ1) is 10.1. The van der Waals surface area contributed by atoms with Crippen LogP contribution in [0, 0.1) is 5.92 Å². The van der Waals surface area contributed by atoms with Crippen LogP contribution in [0.25, 0.3) is 0 Å². The van der Waals surface area contributed by atoms with Crippen molar-refractivity contribution in [1.82, 2.24) is 14.7 Å². The van der Waals surface area contributed by atoms with Crippen molar-refractivity contribution >= 4 is 11.9 Å². The highest BCUT2D eigenvalue weighted by molar-refractivity contribution is 5.84. The van der Waals surface area contributed by atoms with Crippen LogP contribution in [0.3, 0.4) is 0 Å². The number of aromatic nitrogens is 2. The van der Waals surface area contributed by atoms with Gasteiger partial charge in [-0.1, -0.05) is 6.92 Å². The van der Waals surface area contributed by atoms with Crippen molar-refractivity contribution in [3.8, 4) is 0 Å². The number of likely N-dealkylation sites (tertiary alicyclic amines) is 1. The van der Waals surface area contributed by atoms with E-state index < -0.39 is 6.04 Å². The summed E-state index contributed by atoms with van der Waals surface area (Å²) in [6.07, 6.45) is 5.49. The van der Waals surface area contributed by atoms with Gasteiger partial charge in [0.05, 0.1) is 6.61 Å². The molecule has 2 heterocycles. The van der Waals surface area contributed by atoms with Crippen LogP contribution in [-0.2, 0) is 20.9 Å². The normalized spacial score (nSPS) is 22.1. The maximum absolute atomic E-state index is 12.4. The lowest BCUT2D eigenvalue weighted by molar-refractivity contribution is -0.157. The van der Waals surface area contributed by atoms with Gasteiger partial charge in [-0.3, -0.25) is 9.48 Å². The molecule has 2 rings (SSSR count). The highest BCUT2D eigenvalue weighted by Gasteiger charge is 2.35. The molecule has 1 aliphatic heterocycles. The zero-order valence-corrected chi connectivity index (χ0v) is 12.7. The summed E-state index contributed by atoms with van der Waals surface area (Å²) in [5.41, 5.74) is 0. The van der Waals surface area contributed by atoms with Crippen molar-refractivity contribution in [2.24, 2.45) is 5.92 Å². The number of carbonyl (C=O) groups is 2. The summed E-state index contributed by atoms with van der Waals surface area (Å²) in [6, 6.07) is 1.40. The van der Waals surface area contributed by atoms with Crippen LogP contribution in [0.2, 0.25) is 0 Å². The van der Waals surface area contributed by atoms with E-state index >= 15 is 0 Å². The topological polar surface area (TPSA) is 64.4 Å². The Morgan fingerprint density at radius 3 is 2.90 bits per heavy atom. The number of nitrogens with zero attached hydrogens (tertiary/aromatic N) is 3. The molecule has 0 unspecified atom stereocenters. The molecule has 1 aromatic rings. The molecular weight excluding hydrogens is 270 g/mol. The molecule has 0 saturated carbocycles. The van der Waals surface area contributed by atoms with Gasteiger partial charge < -0.3 is 9.64 Å². The minimum absolute atomic E-state index is 0.00421. The minimum atomic E-state index is -0.432. The summed E-state index contributed by atoms with van der Waals surface area (Å²) in [4.78, 5) is 26.1. The van der Waals surface area contributed by atoms with E-state index in [1.54, 1.807) is 22.7 Å². The third-order valence-corrected chi connectivity index (χ3v) is 3.86. The van der Waals surface area contributed by atoms with Gasteiger partial charge >= 0.3 is 5.97 Å². The molecule has 0 aliphatic carbocycles. The fourth-order valence-corrected chi connectivity index (χ4v) is 2.69. The summed E-state index contributed by atoms with van der Waals surface area (Å²) in [7, 11) is 0. The molecule has 0 radical (unpaired) electrons. The Kier molecular flexibility index (Phi) is 5.36. The van der Waals surface area contributed by atoms with E-state index in [1.807, 2.05) is 12.3 Å². The van der Waals surface area contributed by atoms with Crippen molar-refractivity contribution in [1.29, 1.82) is 0 Å². The molecule has 0 spiro atoms. The van der Waals surface area contributed by atoms with E-state index in [0.29, 0.717) is 38.5 Å². The Labute approximate surface area is 125 Å². The Hall–Kier alpha value is -1.85. The Balaban J connectivity index is 1.96. The Morgan fingerprint density at radius 1 is 1.43 bits per heavy atom. The molecule has 1 amide bonds. The van der Waals surface area contributed by atoms with Crippen LogP contribution in [0.15, 0.2) is 18.5 Å². The first kappa shape index (κ1) is 15.5. The zero-order valence-electron chi connectivity index (χ0n) is 12.7. The highest BCUT2D eigenvalue weighted by atomic mass is 16.5. The first-order valence-corrected chi connectivity index (χ1v) is 7.55. The van der Waals surface area contributed by atoms with E-state index in [2.05, 4.69) is 12.0 Å². The van der Waals surface area contributed by atoms with Crippen LogP contribution in [0.5, 0.6) is 0 Å². The van der Waals surface area contributed by atoms with E-state index in [0.717, 1.165) is 6.42 Å². The molecular formula is C15H23N3O3. The van der Waals surface area contributed by atoms with Crippen LogP contribution in [0.1, 0.15) is 33.1 Å². The number of ether oxygens (including phenoxy) is 1. The van der Waals surface area contributed by atoms with Gasteiger partial charge in [-0.15, -0.1) is 0 Å². The molecule has 1 aliphatic rings. The highest BCUT2D eigenvalue weighted by Crippen LogP contribution is 2.24. The fraction of sp³-hybridized carbons (Fsp3) is 0.667. The van der Waals surface area contributed by atoms with Gasteiger partial charge in [-0.25, -0.2) is 4.79 Å². The largest absolute Gasteiger partial charge is 0.464 e. The molecule has 1 fully saturated rings. The second-order valence-electron chi connectivity index (χ2n) is 5.50. The SMILES string of the molecule is CCOC(=O)[C@@H]1C[C@H](C)CCN1C(=O)CCn1cccn1. The predicted octanol–water partition coefficient (Wildman–Crippen LogP) is 1.46. The molecule has 116 valence electrons. The zero-order chi connectivity index (χ0) is 15.2. The number of carbonyl (C=O) groups excluding carboxylic acids is 2. The van der Waals surface area contributed by atoms with Gasteiger partial charge in [-0.05, 0) is 31.7 Å². The van der Waals surface area contributed by atoms with Crippen molar-refractivity contribution in [3.05, 3.63) is 18.5 Å². The molecule has 1 aromatic heterocycles. The van der Waals surface area contributed by atoms with Crippen LogP contribution < -0.4 is 0 Å². The first-order valence-electron chi connectivity index (χ1n) is 7.55. The van der Waals surface area contributed by atoms with Gasteiger partial charge in [0.25, 0.3) is 0 Å². The number of aryl methyl sites for hydroxylation is 1. The van der Waals surface area contributed by atoms with Gasteiger partial charge in [0, 0.05) is 31.9 Å². The number of esters is 1. The molecule has 0 aromatic carbocycles. The molecule has 6 nitrogen and oxygen atoms in total. The second kappa shape index (κ2) is 7.24. The van der Waals surface area contributed by atoms with Crippen LogP contribution in [0.4, 0.5) is 0 Å². The van der Waals surface area contributed by atoms with Gasteiger partial charge in [0.2, 0.25) is 5.91 Å². The van der Waals surface area contributed by atoms with E-state index in [-0.39, 0.29) is 11.9 Å². The lowest BCUT2D eigenvalue weighted by atomic mass is 9.92. The van der Waals surface area contributed by atoms with Gasteiger partial charge in [-0.2, -0.15) is 5.10 Å². The molecule has 2 atom stereocenters. The summed E-state index contributed by atoms with van der Waals surface area (Å²) < 4.78 is 6.84. The van der Waals surface area contributed by atoms with Crippen molar-refractivity contribution in [3.63, 3.8) is 0 Å². The molecule has 21 heavy (non-hydrogen) atoms. The summed E-state index contributed by atoms with van der Waals surface area (Å²) in [5.74, 6) is 0.154. The second-order valence-corrected chi connectivity index (χ2v) is 5.50. The van der Waals surface area contributed by atoms with Crippen molar-refractivity contribution in [2.75, 3.05) is 13.2 Å². The summed E-state index contributed by atoms with van der Waals surface area (Å²) in [5, 5.41) is 4.08. The molecule has 1 saturated heterocycles. The van der Waals surface area contributed by atoms with E-state index in [9.17, 15) is 9.59 Å². The quantitative estimate of drug-likeness (QED) is 0.771. The number of amides is 1. The smallest absolute Gasteiger partial charge is 0.328 e. The lowest BCUT2D eigenvalue weighted by Crippen LogP contribution is -2.50. The van der Waals surface area contributed by atoms with E-state index in [4.69, 9.17) is 4.74 Å². The summed E-state index contributed by atoms with van der Waals surface area (Å²) >= 11 is 0. The third kappa shape index (κ3) is 4.06. The average Bonchev–Trinajstić information content (AvgIpc) is 2.98. The molecule has 6 heteroatoms.